The molecule has 0 saturated carbocycles. The molecule has 8 heteroatoms. The molecule has 0 amide bonds. The summed E-state index contributed by atoms with van der Waals surface area (Å²) in [6, 6.07) is 1.73. The van der Waals surface area contributed by atoms with Crippen molar-refractivity contribution < 1.29 is 5.11 Å². The van der Waals surface area contributed by atoms with Gasteiger partial charge in [0.05, 0.1) is 17.3 Å². The van der Waals surface area contributed by atoms with Crippen molar-refractivity contribution in [2.75, 3.05) is 5.73 Å². The van der Waals surface area contributed by atoms with Gasteiger partial charge in [-0.25, -0.2) is 4.68 Å². The van der Waals surface area contributed by atoms with Gasteiger partial charge in [0.1, 0.15) is 5.60 Å². The Hall–Kier alpha value is -2.48. The molecular weight excluding hydrogens is 246 g/mol. The van der Waals surface area contributed by atoms with Crippen molar-refractivity contribution in [2.45, 2.75) is 19.4 Å². The number of aromatic nitrogens is 6. The van der Waals surface area contributed by atoms with Crippen LogP contribution in [0.1, 0.15) is 19.5 Å². The van der Waals surface area contributed by atoms with Gasteiger partial charge in [0.25, 0.3) is 0 Å². The van der Waals surface area contributed by atoms with Gasteiger partial charge in [-0.15, -0.1) is 0 Å². The largest absolute Gasteiger partial charge is 0.384 e. The van der Waals surface area contributed by atoms with E-state index in [9.17, 15) is 5.11 Å². The fraction of sp³-hybridized carbons (Fsp3) is 0.273. The summed E-state index contributed by atoms with van der Waals surface area (Å²) >= 11 is 0. The van der Waals surface area contributed by atoms with E-state index in [2.05, 4.69) is 25.3 Å². The van der Waals surface area contributed by atoms with Crippen LogP contribution in [0.25, 0.3) is 16.9 Å². The second kappa shape index (κ2) is 3.75. The number of H-pyrrole nitrogens is 1. The smallest absolute Gasteiger partial charge is 0.224 e. The number of anilines is 1. The Morgan fingerprint density at radius 1 is 1.37 bits per heavy atom. The van der Waals surface area contributed by atoms with Crippen LogP contribution in [0.15, 0.2) is 18.5 Å². The molecule has 0 aromatic carbocycles. The number of rotatable bonds is 2. The van der Waals surface area contributed by atoms with E-state index < -0.39 is 5.60 Å². The van der Waals surface area contributed by atoms with Crippen molar-refractivity contribution in [1.29, 1.82) is 0 Å². The highest BCUT2D eigenvalue weighted by Gasteiger charge is 2.20. The van der Waals surface area contributed by atoms with Crippen LogP contribution < -0.4 is 5.73 Å². The fourth-order valence-electron chi connectivity index (χ4n) is 1.78. The summed E-state index contributed by atoms with van der Waals surface area (Å²) in [6.45, 7) is 3.34. The molecule has 4 N–H and O–H groups in total. The van der Waals surface area contributed by atoms with Crippen molar-refractivity contribution >= 4 is 17.0 Å². The SMILES string of the molecule is CC(C)(O)c1ccn(-c2nc(N)nc3[nH]ncc23)n1. The fourth-order valence-corrected chi connectivity index (χ4v) is 1.78. The molecule has 0 radical (unpaired) electrons. The highest BCUT2D eigenvalue weighted by atomic mass is 16.3. The molecule has 0 fully saturated rings. The molecule has 0 aliphatic carbocycles. The maximum atomic E-state index is 9.93. The summed E-state index contributed by atoms with van der Waals surface area (Å²) in [5, 5.41) is 21.6. The lowest BCUT2D eigenvalue weighted by Crippen LogP contribution is -2.17. The summed E-state index contributed by atoms with van der Waals surface area (Å²) in [7, 11) is 0. The molecule has 0 bridgehead atoms. The van der Waals surface area contributed by atoms with Gasteiger partial charge >= 0.3 is 0 Å². The van der Waals surface area contributed by atoms with E-state index in [-0.39, 0.29) is 5.95 Å². The van der Waals surface area contributed by atoms with E-state index in [4.69, 9.17) is 5.73 Å². The summed E-state index contributed by atoms with van der Waals surface area (Å²) in [5.74, 6) is 0.652. The minimum Gasteiger partial charge on any atom is -0.384 e. The van der Waals surface area contributed by atoms with Gasteiger partial charge in [0.15, 0.2) is 11.5 Å². The third-order valence-corrected chi connectivity index (χ3v) is 2.74. The number of hydrogen-bond donors (Lipinski definition) is 3. The van der Waals surface area contributed by atoms with Crippen molar-refractivity contribution in [3.8, 4) is 5.82 Å². The van der Waals surface area contributed by atoms with Crippen molar-refractivity contribution in [2.24, 2.45) is 0 Å². The summed E-state index contributed by atoms with van der Waals surface area (Å²) in [4.78, 5) is 8.20. The van der Waals surface area contributed by atoms with Crippen LogP contribution in [0.4, 0.5) is 5.95 Å². The van der Waals surface area contributed by atoms with Crippen LogP contribution >= 0.6 is 0 Å². The van der Waals surface area contributed by atoms with Crippen LogP contribution in [-0.2, 0) is 5.60 Å². The van der Waals surface area contributed by atoms with Crippen LogP contribution in [0, 0.1) is 0 Å². The molecule has 3 aromatic heterocycles. The van der Waals surface area contributed by atoms with Crippen molar-refractivity contribution in [3.63, 3.8) is 0 Å². The number of nitrogens with two attached hydrogens (primary N) is 1. The predicted octanol–water partition coefficient (Wildman–Crippen LogP) is 0.348. The number of nitrogen functional groups attached to an aromatic ring is 1. The van der Waals surface area contributed by atoms with E-state index in [1.807, 2.05) is 0 Å². The second-order valence-electron chi connectivity index (χ2n) is 4.74. The van der Waals surface area contributed by atoms with Gasteiger partial charge < -0.3 is 10.8 Å². The van der Waals surface area contributed by atoms with E-state index in [1.54, 1.807) is 37.0 Å². The summed E-state index contributed by atoms with van der Waals surface area (Å²) in [6.07, 6.45) is 3.32. The predicted molar refractivity (Wildman–Crippen MR) is 68.5 cm³/mol. The van der Waals surface area contributed by atoms with Gasteiger partial charge in [-0.1, -0.05) is 0 Å². The van der Waals surface area contributed by atoms with E-state index >= 15 is 0 Å². The molecule has 0 aliphatic heterocycles. The number of nitrogens with one attached hydrogen (secondary N) is 1. The minimum absolute atomic E-state index is 0.132. The van der Waals surface area contributed by atoms with Gasteiger partial charge in [-0.2, -0.15) is 20.2 Å². The monoisotopic (exact) mass is 259 g/mol. The molecule has 98 valence electrons. The Labute approximate surface area is 108 Å². The third-order valence-electron chi connectivity index (χ3n) is 2.74. The first kappa shape index (κ1) is 11.6. The van der Waals surface area contributed by atoms with Gasteiger partial charge in [0, 0.05) is 6.20 Å². The maximum absolute atomic E-state index is 9.93. The quantitative estimate of drug-likeness (QED) is 0.611. The number of aliphatic hydroxyl groups is 1. The molecule has 19 heavy (non-hydrogen) atoms. The average molecular weight is 259 g/mol. The Balaban J connectivity index is 2.19. The molecular formula is C11H13N7O. The Morgan fingerprint density at radius 3 is 2.84 bits per heavy atom. The van der Waals surface area contributed by atoms with E-state index in [0.29, 0.717) is 22.5 Å². The zero-order valence-corrected chi connectivity index (χ0v) is 10.5. The first-order valence-electron chi connectivity index (χ1n) is 5.70. The number of aromatic amines is 1. The lowest BCUT2D eigenvalue weighted by molar-refractivity contribution is 0.0734. The summed E-state index contributed by atoms with van der Waals surface area (Å²) in [5.41, 5.74) is 5.73. The molecule has 8 nitrogen and oxygen atoms in total. The first-order valence-corrected chi connectivity index (χ1v) is 5.70. The first-order chi connectivity index (χ1) is 8.95. The van der Waals surface area contributed by atoms with Crippen LogP contribution in [0.2, 0.25) is 0 Å². The number of nitrogens with zero attached hydrogens (tertiary/aromatic N) is 5. The zero-order chi connectivity index (χ0) is 13.6. The van der Waals surface area contributed by atoms with Crippen molar-refractivity contribution in [1.82, 2.24) is 29.9 Å². The zero-order valence-electron chi connectivity index (χ0n) is 10.5. The molecule has 0 aliphatic rings. The molecule has 3 rings (SSSR count). The maximum Gasteiger partial charge on any atom is 0.224 e. The standard InChI is InChI=1S/C11H13N7O/c1-11(2,19)7-3-4-18(17-7)9-6-5-13-16-8(6)14-10(12)15-9/h3-5,19H,1-2H3,(H3,12,13,14,15,16). The Kier molecular flexibility index (Phi) is 2.29. The topological polar surface area (TPSA) is 119 Å². The van der Waals surface area contributed by atoms with Gasteiger partial charge in [-0.3, -0.25) is 5.10 Å². The molecule has 3 heterocycles. The normalized spacial score (nSPS) is 12.2. The minimum atomic E-state index is -1.01. The van der Waals surface area contributed by atoms with Gasteiger partial charge in [-0.05, 0) is 19.9 Å². The van der Waals surface area contributed by atoms with Crippen LogP contribution in [0.3, 0.4) is 0 Å². The molecule has 3 aromatic rings. The summed E-state index contributed by atoms with van der Waals surface area (Å²) < 4.78 is 1.54. The lowest BCUT2D eigenvalue weighted by atomic mass is 10.1. The number of fused-ring (bicyclic) bond motifs is 1. The Bertz CT molecular complexity index is 737. The van der Waals surface area contributed by atoms with Crippen molar-refractivity contribution in [3.05, 3.63) is 24.2 Å². The van der Waals surface area contributed by atoms with Gasteiger partial charge in [0.2, 0.25) is 5.95 Å². The third kappa shape index (κ3) is 1.91. The lowest BCUT2D eigenvalue weighted by Gasteiger charge is -2.13. The highest BCUT2D eigenvalue weighted by molar-refractivity contribution is 5.82. The Morgan fingerprint density at radius 2 is 2.16 bits per heavy atom. The molecule has 0 saturated heterocycles. The molecule has 0 unspecified atom stereocenters. The second-order valence-corrected chi connectivity index (χ2v) is 4.74. The van der Waals surface area contributed by atoms with E-state index in [1.165, 1.54) is 0 Å². The van der Waals surface area contributed by atoms with E-state index in [0.717, 1.165) is 0 Å². The van der Waals surface area contributed by atoms with Crippen LogP contribution in [0.5, 0.6) is 0 Å². The van der Waals surface area contributed by atoms with Crippen LogP contribution in [-0.4, -0.2) is 35.1 Å². The average Bonchev–Trinajstić information content (AvgIpc) is 2.94. The molecule has 0 spiro atoms. The number of hydrogen-bond acceptors (Lipinski definition) is 6. The highest BCUT2D eigenvalue weighted by Crippen LogP contribution is 2.21. The molecule has 0 atom stereocenters.